The minimum atomic E-state index is 0.593. The Morgan fingerprint density at radius 2 is 1.56 bits per heavy atom. The molecule has 0 aliphatic heterocycles. The largest absolute Gasteiger partial charge is 0.489 e. The summed E-state index contributed by atoms with van der Waals surface area (Å²) in [6.45, 7) is 7.75. The van der Waals surface area contributed by atoms with E-state index in [1.165, 1.54) is 27.8 Å². The molecule has 2 heteroatoms. The average Bonchev–Trinajstić information content (AvgIpc) is 2.61. The molecule has 0 spiro atoms. The second kappa shape index (κ2) is 7.89. The van der Waals surface area contributed by atoms with Crippen LogP contribution in [-0.4, -0.2) is 0 Å². The molecule has 3 rings (SSSR count). The lowest BCUT2D eigenvalue weighted by Crippen LogP contribution is -2.01. The highest BCUT2D eigenvalue weighted by atomic mass is 16.5. The van der Waals surface area contributed by atoms with Gasteiger partial charge in [-0.1, -0.05) is 48.0 Å². The highest BCUT2D eigenvalue weighted by Crippen LogP contribution is 2.18. The zero-order chi connectivity index (χ0) is 17.6. The van der Waals surface area contributed by atoms with Gasteiger partial charge in [-0.05, 0) is 67.3 Å². The van der Waals surface area contributed by atoms with E-state index in [0.29, 0.717) is 6.61 Å². The Kier molecular flexibility index (Phi) is 5.39. The van der Waals surface area contributed by atoms with Gasteiger partial charge in [-0.2, -0.15) is 0 Å². The minimum Gasteiger partial charge on any atom is -0.489 e. The molecule has 128 valence electrons. The van der Waals surface area contributed by atoms with Crippen LogP contribution in [0.5, 0.6) is 5.75 Å². The molecule has 0 heterocycles. The van der Waals surface area contributed by atoms with Crippen molar-refractivity contribution in [3.05, 3.63) is 94.5 Å². The fraction of sp³-hybridized carbons (Fsp3) is 0.217. The summed E-state index contributed by atoms with van der Waals surface area (Å²) in [4.78, 5) is 0. The molecular formula is C23H25NO. The topological polar surface area (TPSA) is 21.3 Å². The van der Waals surface area contributed by atoms with Gasteiger partial charge in [0.25, 0.3) is 0 Å². The van der Waals surface area contributed by atoms with Gasteiger partial charge >= 0.3 is 0 Å². The molecule has 0 bridgehead atoms. The smallest absolute Gasteiger partial charge is 0.120 e. The zero-order valence-corrected chi connectivity index (χ0v) is 15.2. The highest BCUT2D eigenvalue weighted by Gasteiger charge is 2.01. The van der Waals surface area contributed by atoms with Crippen molar-refractivity contribution in [2.75, 3.05) is 5.32 Å². The molecule has 0 unspecified atom stereocenters. The van der Waals surface area contributed by atoms with Gasteiger partial charge in [-0.15, -0.1) is 0 Å². The third kappa shape index (κ3) is 4.87. The maximum atomic E-state index is 5.95. The van der Waals surface area contributed by atoms with Gasteiger partial charge in [0, 0.05) is 12.2 Å². The summed E-state index contributed by atoms with van der Waals surface area (Å²) in [6, 6.07) is 23.2. The molecule has 2 nitrogen and oxygen atoms in total. The van der Waals surface area contributed by atoms with Crippen molar-refractivity contribution in [2.24, 2.45) is 0 Å². The van der Waals surface area contributed by atoms with Crippen LogP contribution in [0, 0.1) is 20.8 Å². The number of benzene rings is 3. The molecule has 0 aromatic heterocycles. The molecule has 3 aromatic carbocycles. The Morgan fingerprint density at radius 1 is 0.760 bits per heavy atom. The van der Waals surface area contributed by atoms with Crippen molar-refractivity contribution in [3.8, 4) is 5.75 Å². The SMILES string of the molecule is Cc1cccc(COc2cccc(CNc3ccc(C)c(C)c3)c2)c1. The van der Waals surface area contributed by atoms with E-state index in [0.717, 1.165) is 18.0 Å². The summed E-state index contributed by atoms with van der Waals surface area (Å²) in [5.74, 6) is 0.904. The predicted octanol–water partition coefficient (Wildman–Crippen LogP) is 5.80. The van der Waals surface area contributed by atoms with Crippen LogP contribution in [0.3, 0.4) is 0 Å². The van der Waals surface area contributed by atoms with Gasteiger partial charge in [-0.3, -0.25) is 0 Å². The average molecular weight is 331 g/mol. The summed E-state index contributed by atoms with van der Waals surface area (Å²) >= 11 is 0. The van der Waals surface area contributed by atoms with Crippen LogP contribution in [0.25, 0.3) is 0 Å². The lowest BCUT2D eigenvalue weighted by Gasteiger charge is -2.11. The first kappa shape index (κ1) is 17.1. The zero-order valence-electron chi connectivity index (χ0n) is 15.2. The van der Waals surface area contributed by atoms with Gasteiger partial charge in [-0.25, -0.2) is 0 Å². The molecule has 3 aromatic rings. The van der Waals surface area contributed by atoms with Crippen LogP contribution < -0.4 is 10.1 Å². The number of anilines is 1. The molecular weight excluding hydrogens is 306 g/mol. The van der Waals surface area contributed by atoms with Crippen LogP contribution in [-0.2, 0) is 13.2 Å². The molecule has 0 radical (unpaired) electrons. The second-order valence-electron chi connectivity index (χ2n) is 6.58. The molecule has 0 amide bonds. The van der Waals surface area contributed by atoms with Crippen LogP contribution in [0.4, 0.5) is 5.69 Å². The lowest BCUT2D eigenvalue weighted by molar-refractivity contribution is 0.306. The molecule has 1 N–H and O–H groups in total. The standard InChI is InChI=1S/C23H25NO/c1-17-6-4-8-21(12-17)16-25-23-9-5-7-20(14-23)15-24-22-11-10-18(2)19(3)13-22/h4-14,24H,15-16H2,1-3H3. The third-order valence-electron chi connectivity index (χ3n) is 4.39. The number of hydrogen-bond donors (Lipinski definition) is 1. The van der Waals surface area contributed by atoms with Gasteiger partial charge in [0.05, 0.1) is 0 Å². The fourth-order valence-corrected chi connectivity index (χ4v) is 2.77. The van der Waals surface area contributed by atoms with Gasteiger partial charge in [0.2, 0.25) is 0 Å². The van der Waals surface area contributed by atoms with Crippen LogP contribution in [0.1, 0.15) is 27.8 Å². The highest BCUT2D eigenvalue weighted by molar-refractivity contribution is 5.48. The van der Waals surface area contributed by atoms with Crippen molar-refractivity contribution < 1.29 is 4.74 Å². The number of ether oxygens (including phenoxy) is 1. The lowest BCUT2D eigenvalue weighted by atomic mass is 10.1. The number of nitrogens with one attached hydrogen (secondary N) is 1. The Balaban J connectivity index is 1.60. The summed E-state index contributed by atoms with van der Waals surface area (Å²) in [6.07, 6.45) is 0. The minimum absolute atomic E-state index is 0.593. The van der Waals surface area contributed by atoms with E-state index in [2.05, 4.69) is 80.7 Å². The molecule has 0 aliphatic carbocycles. The van der Waals surface area contributed by atoms with Crippen LogP contribution in [0.2, 0.25) is 0 Å². The fourth-order valence-electron chi connectivity index (χ4n) is 2.77. The summed E-state index contributed by atoms with van der Waals surface area (Å²) < 4.78 is 5.95. The Morgan fingerprint density at radius 3 is 2.36 bits per heavy atom. The van der Waals surface area contributed by atoms with E-state index in [4.69, 9.17) is 4.74 Å². The monoisotopic (exact) mass is 331 g/mol. The first-order chi connectivity index (χ1) is 12.1. The normalized spacial score (nSPS) is 10.5. The van der Waals surface area contributed by atoms with E-state index in [9.17, 15) is 0 Å². The van der Waals surface area contributed by atoms with Crippen molar-refractivity contribution in [1.82, 2.24) is 0 Å². The molecule has 0 saturated heterocycles. The van der Waals surface area contributed by atoms with E-state index in [1.54, 1.807) is 0 Å². The first-order valence-corrected chi connectivity index (χ1v) is 8.68. The van der Waals surface area contributed by atoms with E-state index in [-0.39, 0.29) is 0 Å². The molecule has 25 heavy (non-hydrogen) atoms. The quantitative estimate of drug-likeness (QED) is 0.616. The van der Waals surface area contributed by atoms with E-state index < -0.39 is 0 Å². The van der Waals surface area contributed by atoms with Crippen LogP contribution in [0.15, 0.2) is 66.7 Å². The Bertz CT molecular complexity index is 854. The molecule has 0 aliphatic rings. The maximum absolute atomic E-state index is 5.95. The third-order valence-corrected chi connectivity index (χ3v) is 4.39. The Hall–Kier alpha value is -2.74. The second-order valence-corrected chi connectivity index (χ2v) is 6.58. The molecule has 0 saturated carbocycles. The van der Waals surface area contributed by atoms with Crippen molar-refractivity contribution in [1.29, 1.82) is 0 Å². The number of hydrogen-bond acceptors (Lipinski definition) is 2. The first-order valence-electron chi connectivity index (χ1n) is 8.68. The summed E-state index contributed by atoms with van der Waals surface area (Å²) in [7, 11) is 0. The van der Waals surface area contributed by atoms with E-state index in [1.807, 2.05) is 12.1 Å². The molecule has 0 fully saturated rings. The number of rotatable bonds is 6. The summed E-state index contributed by atoms with van der Waals surface area (Å²) in [5.41, 5.74) is 7.43. The van der Waals surface area contributed by atoms with Crippen molar-refractivity contribution in [2.45, 2.75) is 33.9 Å². The van der Waals surface area contributed by atoms with Crippen LogP contribution >= 0.6 is 0 Å². The number of aryl methyl sites for hydroxylation is 3. The maximum Gasteiger partial charge on any atom is 0.120 e. The van der Waals surface area contributed by atoms with Crippen molar-refractivity contribution in [3.63, 3.8) is 0 Å². The van der Waals surface area contributed by atoms with Crippen molar-refractivity contribution >= 4 is 5.69 Å². The predicted molar refractivity (Wildman–Crippen MR) is 105 cm³/mol. The Labute approximate surface area is 150 Å². The summed E-state index contributed by atoms with van der Waals surface area (Å²) in [5, 5.41) is 3.48. The van der Waals surface area contributed by atoms with Gasteiger partial charge in [0.15, 0.2) is 0 Å². The van der Waals surface area contributed by atoms with Gasteiger partial charge < -0.3 is 10.1 Å². The molecule has 0 atom stereocenters. The van der Waals surface area contributed by atoms with E-state index >= 15 is 0 Å². The van der Waals surface area contributed by atoms with Gasteiger partial charge in [0.1, 0.15) is 12.4 Å².